The molecule has 0 N–H and O–H groups in total. The minimum atomic E-state index is -0.339. The Kier molecular flexibility index (Phi) is 4.36. The molecule has 3 nitrogen and oxygen atoms in total. The van der Waals surface area contributed by atoms with Gasteiger partial charge in [0.1, 0.15) is 17.1 Å². The van der Waals surface area contributed by atoms with Crippen molar-refractivity contribution in [3.05, 3.63) is 23.8 Å². The quantitative estimate of drug-likeness (QED) is 0.806. The van der Waals surface area contributed by atoms with E-state index in [9.17, 15) is 4.79 Å². The van der Waals surface area contributed by atoms with Crippen molar-refractivity contribution in [2.75, 3.05) is 7.11 Å². The zero-order valence-corrected chi connectivity index (χ0v) is 12.9. The van der Waals surface area contributed by atoms with E-state index in [0.717, 1.165) is 19.3 Å². The Hall–Kier alpha value is -1.51. The van der Waals surface area contributed by atoms with Crippen LogP contribution in [0.4, 0.5) is 0 Å². The van der Waals surface area contributed by atoms with Crippen LogP contribution in [-0.4, -0.2) is 18.5 Å². The van der Waals surface area contributed by atoms with Gasteiger partial charge in [-0.1, -0.05) is 27.2 Å². The number of carbonyl (C=O) groups excluding carboxylic acids is 1. The highest BCUT2D eigenvalue weighted by Gasteiger charge is 2.40. The monoisotopic (exact) mass is 276 g/mol. The maximum absolute atomic E-state index is 12.5. The van der Waals surface area contributed by atoms with E-state index >= 15 is 0 Å². The second-order valence-corrected chi connectivity index (χ2v) is 5.82. The lowest BCUT2D eigenvalue weighted by Gasteiger charge is -2.39. The zero-order valence-electron chi connectivity index (χ0n) is 12.9. The molecule has 0 amide bonds. The van der Waals surface area contributed by atoms with E-state index in [4.69, 9.17) is 9.47 Å². The molecule has 3 heteroatoms. The van der Waals surface area contributed by atoms with Crippen LogP contribution in [0.2, 0.25) is 0 Å². The van der Waals surface area contributed by atoms with Crippen LogP contribution in [0.25, 0.3) is 0 Å². The standard InChI is InChI=1S/C17H24O3/c1-5-12(3)10-17(6-2)11-15(18)14-9-13(19-4)7-8-16(14)20-17/h7-9,12H,5-6,10-11H2,1-4H3. The Morgan fingerprint density at radius 2 is 2.15 bits per heavy atom. The van der Waals surface area contributed by atoms with Gasteiger partial charge in [0, 0.05) is 0 Å². The van der Waals surface area contributed by atoms with Crippen molar-refractivity contribution in [2.24, 2.45) is 5.92 Å². The number of ketones is 1. The highest BCUT2D eigenvalue weighted by molar-refractivity contribution is 6.00. The first-order valence-corrected chi connectivity index (χ1v) is 7.44. The molecule has 0 bridgehead atoms. The van der Waals surface area contributed by atoms with Crippen molar-refractivity contribution in [2.45, 2.75) is 52.1 Å². The van der Waals surface area contributed by atoms with Gasteiger partial charge in [0.15, 0.2) is 5.78 Å². The normalized spacial score (nSPS) is 22.9. The second kappa shape index (κ2) is 5.86. The number of rotatable bonds is 5. The third kappa shape index (κ3) is 2.82. The van der Waals surface area contributed by atoms with Gasteiger partial charge in [-0.2, -0.15) is 0 Å². The molecule has 1 heterocycles. The lowest BCUT2D eigenvalue weighted by Crippen LogP contribution is -2.42. The molecule has 1 aliphatic heterocycles. The Labute approximate surface area is 121 Å². The smallest absolute Gasteiger partial charge is 0.170 e. The maximum Gasteiger partial charge on any atom is 0.170 e. The molecule has 20 heavy (non-hydrogen) atoms. The molecule has 1 aromatic carbocycles. The fourth-order valence-electron chi connectivity index (χ4n) is 2.83. The zero-order chi connectivity index (χ0) is 14.8. The third-order valence-corrected chi connectivity index (χ3v) is 4.36. The summed E-state index contributed by atoms with van der Waals surface area (Å²) in [5, 5.41) is 0. The molecule has 0 saturated carbocycles. The van der Waals surface area contributed by atoms with Crippen LogP contribution >= 0.6 is 0 Å². The molecular weight excluding hydrogens is 252 g/mol. The van der Waals surface area contributed by atoms with Gasteiger partial charge in [-0.3, -0.25) is 4.79 Å². The van der Waals surface area contributed by atoms with Gasteiger partial charge in [-0.05, 0) is 37.0 Å². The van der Waals surface area contributed by atoms with Crippen molar-refractivity contribution in [1.29, 1.82) is 0 Å². The summed E-state index contributed by atoms with van der Waals surface area (Å²) >= 11 is 0. The van der Waals surface area contributed by atoms with Gasteiger partial charge in [-0.25, -0.2) is 0 Å². The van der Waals surface area contributed by atoms with E-state index in [0.29, 0.717) is 29.4 Å². The molecule has 0 aliphatic carbocycles. The molecule has 1 aliphatic rings. The number of Topliss-reactive ketones (excluding diaryl/α,β-unsaturated/α-hetero) is 1. The topological polar surface area (TPSA) is 35.5 Å². The summed E-state index contributed by atoms with van der Waals surface area (Å²) in [6.07, 6.45) is 3.36. The van der Waals surface area contributed by atoms with E-state index in [1.807, 2.05) is 12.1 Å². The van der Waals surface area contributed by atoms with Gasteiger partial charge < -0.3 is 9.47 Å². The van der Waals surface area contributed by atoms with Gasteiger partial charge in [0.25, 0.3) is 0 Å². The molecule has 0 spiro atoms. The number of hydrogen-bond acceptors (Lipinski definition) is 3. The highest BCUT2D eigenvalue weighted by atomic mass is 16.5. The number of ether oxygens (including phenoxy) is 2. The van der Waals surface area contributed by atoms with Crippen LogP contribution in [0.3, 0.4) is 0 Å². The van der Waals surface area contributed by atoms with E-state index < -0.39 is 0 Å². The first kappa shape index (κ1) is 14.9. The molecule has 2 unspecified atom stereocenters. The van der Waals surface area contributed by atoms with E-state index in [1.54, 1.807) is 13.2 Å². The van der Waals surface area contributed by atoms with Crippen LogP contribution < -0.4 is 9.47 Å². The molecule has 0 saturated heterocycles. The lowest BCUT2D eigenvalue weighted by atomic mass is 9.80. The van der Waals surface area contributed by atoms with Crippen LogP contribution in [-0.2, 0) is 0 Å². The van der Waals surface area contributed by atoms with Gasteiger partial charge in [0.05, 0.1) is 19.1 Å². The highest BCUT2D eigenvalue weighted by Crippen LogP contribution is 2.40. The number of methoxy groups -OCH3 is 1. The second-order valence-electron chi connectivity index (χ2n) is 5.82. The van der Waals surface area contributed by atoms with Crippen molar-refractivity contribution in [3.63, 3.8) is 0 Å². The largest absolute Gasteiger partial charge is 0.497 e. The summed E-state index contributed by atoms with van der Waals surface area (Å²) in [6.45, 7) is 6.50. The van der Waals surface area contributed by atoms with Crippen LogP contribution in [0.15, 0.2) is 18.2 Å². The van der Waals surface area contributed by atoms with E-state index in [2.05, 4.69) is 20.8 Å². The number of fused-ring (bicyclic) bond motifs is 1. The fourth-order valence-corrected chi connectivity index (χ4v) is 2.83. The molecule has 0 fully saturated rings. The Bertz CT molecular complexity index is 495. The third-order valence-electron chi connectivity index (χ3n) is 4.36. The van der Waals surface area contributed by atoms with E-state index in [1.165, 1.54) is 0 Å². The van der Waals surface area contributed by atoms with Crippen molar-refractivity contribution >= 4 is 5.78 Å². The predicted molar refractivity (Wildman–Crippen MR) is 79.7 cm³/mol. The Balaban J connectivity index is 2.31. The Morgan fingerprint density at radius 3 is 2.75 bits per heavy atom. The summed E-state index contributed by atoms with van der Waals surface area (Å²) < 4.78 is 11.4. The van der Waals surface area contributed by atoms with Crippen LogP contribution in [0.1, 0.15) is 56.8 Å². The average Bonchev–Trinajstić information content (AvgIpc) is 2.46. The first-order chi connectivity index (χ1) is 9.53. The van der Waals surface area contributed by atoms with Crippen molar-refractivity contribution in [1.82, 2.24) is 0 Å². The molecule has 2 rings (SSSR count). The molecule has 2 atom stereocenters. The van der Waals surface area contributed by atoms with Gasteiger partial charge >= 0.3 is 0 Å². The molecule has 0 aromatic heterocycles. The molecule has 1 aromatic rings. The SMILES string of the molecule is CCC(C)CC1(CC)CC(=O)c2cc(OC)ccc2O1. The Morgan fingerprint density at radius 1 is 1.40 bits per heavy atom. The molecule has 0 radical (unpaired) electrons. The summed E-state index contributed by atoms with van der Waals surface area (Å²) in [7, 11) is 1.61. The number of carbonyl (C=O) groups is 1. The minimum Gasteiger partial charge on any atom is -0.497 e. The summed E-state index contributed by atoms with van der Waals surface area (Å²) in [5.41, 5.74) is 0.311. The molecule has 110 valence electrons. The van der Waals surface area contributed by atoms with Gasteiger partial charge in [0.2, 0.25) is 0 Å². The maximum atomic E-state index is 12.5. The van der Waals surface area contributed by atoms with Crippen molar-refractivity contribution in [3.8, 4) is 11.5 Å². The molecular formula is C17H24O3. The minimum absolute atomic E-state index is 0.162. The fraction of sp³-hybridized carbons (Fsp3) is 0.588. The predicted octanol–water partition coefficient (Wildman–Crippen LogP) is 4.25. The number of hydrogen-bond donors (Lipinski definition) is 0. The van der Waals surface area contributed by atoms with Crippen molar-refractivity contribution < 1.29 is 14.3 Å². The summed E-state index contributed by atoms with van der Waals surface area (Å²) in [5.74, 6) is 2.12. The summed E-state index contributed by atoms with van der Waals surface area (Å²) in [6, 6.07) is 5.48. The van der Waals surface area contributed by atoms with Crippen LogP contribution in [0, 0.1) is 5.92 Å². The number of benzene rings is 1. The average molecular weight is 276 g/mol. The summed E-state index contributed by atoms with van der Waals surface area (Å²) in [4.78, 5) is 12.5. The van der Waals surface area contributed by atoms with Crippen LogP contribution in [0.5, 0.6) is 11.5 Å². The first-order valence-electron chi connectivity index (χ1n) is 7.44. The van der Waals surface area contributed by atoms with Gasteiger partial charge in [-0.15, -0.1) is 0 Å². The lowest BCUT2D eigenvalue weighted by molar-refractivity contribution is 0.0207. The van der Waals surface area contributed by atoms with E-state index in [-0.39, 0.29) is 11.4 Å².